The van der Waals surface area contributed by atoms with E-state index in [0.29, 0.717) is 16.7 Å². The van der Waals surface area contributed by atoms with E-state index in [-0.39, 0.29) is 5.88 Å². The van der Waals surface area contributed by atoms with Gasteiger partial charge in [0.15, 0.2) is 5.58 Å². The molecule has 0 atom stereocenters. The molecule has 15 heavy (non-hydrogen) atoms. The lowest BCUT2D eigenvalue weighted by Gasteiger charge is -1.92. The number of nitrogens with zero attached hydrogens (tertiary/aromatic N) is 1. The predicted octanol–water partition coefficient (Wildman–Crippen LogP) is 1.21. The lowest BCUT2D eigenvalue weighted by molar-refractivity contribution is 0.459. The average molecular weight is 247 g/mol. The number of alkyl halides is 1. The van der Waals surface area contributed by atoms with Gasteiger partial charge >= 0.3 is 5.22 Å². The third kappa shape index (κ3) is 1.83. The van der Waals surface area contributed by atoms with E-state index in [4.69, 9.17) is 21.2 Å². The smallest absolute Gasteiger partial charge is 0.331 e. The van der Waals surface area contributed by atoms with Crippen LogP contribution in [0.25, 0.3) is 11.1 Å². The van der Waals surface area contributed by atoms with E-state index < -0.39 is 15.2 Å². The molecule has 2 N–H and O–H groups in total. The fraction of sp³-hybridized carbons (Fsp3) is 0.125. The molecule has 0 fully saturated rings. The van der Waals surface area contributed by atoms with Crippen molar-refractivity contribution in [2.45, 2.75) is 11.1 Å². The van der Waals surface area contributed by atoms with Crippen molar-refractivity contribution in [3.63, 3.8) is 0 Å². The lowest BCUT2D eigenvalue weighted by Crippen LogP contribution is -2.12. The second-order valence-electron chi connectivity index (χ2n) is 2.92. The minimum Gasteiger partial charge on any atom is -0.427 e. The van der Waals surface area contributed by atoms with Gasteiger partial charge in [-0.1, -0.05) is 12.1 Å². The molecule has 5 nitrogen and oxygen atoms in total. The number of fused-ring (bicyclic) bond motifs is 1. The number of aromatic nitrogens is 1. The zero-order valence-electron chi connectivity index (χ0n) is 7.47. The van der Waals surface area contributed by atoms with Crippen molar-refractivity contribution in [1.29, 1.82) is 0 Å². The molecule has 7 heteroatoms. The second-order valence-corrected chi connectivity index (χ2v) is 4.63. The number of oxazole rings is 1. The van der Waals surface area contributed by atoms with Crippen LogP contribution in [0.2, 0.25) is 0 Å². The average Bonchev–Trinajstić information content (AvgIpc) is 2.59. The minimum absolute atomic E-state index is 0.230. The molecule has 0 aliphatic carbocycles. The Balaban J connectivity index is 2.76. The first-order valence-corrected chi connectivity index (χ1v) is 6.07. The number of sulfonamides is 1. The van der Waals surface area contributed by atoms with E-state index in [9.17, 15) is 8.42 Å². The van der Waals surface area contributed by atoms with E-state index in [1.54, 1.807) is 18.2 Å². The summed E-state index contributed by atoms with van der Waals surface area (Å²) in [5.74, 6) is 0.230. The molecule has 0 saturated carbocycles. The van der Waals surface area contributed by atoms with Gasteiger partial charge in [0, 0.05) is 5.88 Å². The first kappa shape index (κ1) is 10.4. The van der Waals surface area contributed by atoms with Crippen molar-refractivity contribution < 1.29 is 12.8 Å². The maximum absolute atomic E-state index is 11.0. The summed E-state index contributed by atoms with van der Waals surface area (Å²) in [6.45, 7) is 0. The SMILES string of the molecule is NS(=O)(=O)c1nc2c(CCl)cccc2o1. The van der Waals surface area contributed by atoms with Gasteiger partial charge in [-0.15, -0.1) is 11.6 Å². The number of primary sulfonamides is 1. The summed E-state index contributed by atoms with van der Waals surface area (Å²) in [5, 5.41) is 4.40. The Morgan fingerprint density at radius 3 is 2.80 bits per heavy atom. The van der Waals surface area contributed by atoms with Gasteiger partial charge in [-0.05, 0) is 11.6 Å². The highest BCUT2D eigenvalue weighted by molar-refractivity contribution is 7.88. The largest absolute Gasteiger partial charge is 0.427 e. The monoisotopic (exact) mass is 246 g/mol. The predicted molar refractivity (Wildman–Crippen MR) is 54.9 cm³/mol. The standard InChI is InChI=1S/C8H7ClN2O3S/c9-4-5-2-1-3-6-7(5)11-8(14-6)15(10,12)13/h1-3H,4H2,(H2,10,12,13). The van der Waals surface area contributed by atoms with Gasteiger partial charge in [-0.25, -0.2) is 13.6 Å². The second kappa shape index (κ2) is 3.48. The lowest BCUT2D eigenvalue weighted by atomic mass is 10.2. The molecule has 0 spiro atoms. The highest BCUT2D eigenvalue weighted by Gasteiger charge is 2.17. The van der Waals surface area contributed by atoms with E-state index in [2.05, 4.69) is 4.98 Å². The molecule has 0 aliphatic rings. The van der Waals surface area contributed by atoms with Crippen molar-refractivity contribution in [2.75, 3.05) is 0 Å². The van der Waals surface area contributed by atoms with Crippen LogP contribution < -0.4 is 5.14 Å². The van der Waals surface area contributed by atoms with Crippen LogP contribution in [0.15, 0.2) is 27.8 Å². The van der Waals surface area contributed by atoms with Crippen molar-refractivity contribution in [3.8, 4) is 0 Å². The zero-order valence-corrected chi connectivity index (χ0v) is 9.05. The Bertz CT molecular complexity index is 605. The summed E-state index contributed by atoms with van der Waals surface area (Å²) in [6, 6.07) is 5.05. The maximum Gasteiger partial charge on any atom is 0.331 e. The van der Waals surface area contributed by atoms with Crippen LogP contribution in [0.5, 0.6) is 0 Å². The molecule has 0 aliphatic heterocycles. The van der Waals surface area contributed by atoms with Crippen molar-refractivity contribution in [1.82, 2.24) is 4.98 Å². The Kier molecular flexibility index (Phi) is 2.41. The molecular weight excluding hydrogens is 240 g/mol. The van der Waals surface area contributed by atoms with E-state index in [1.165, 1.54) is 0 Å². The van der Waals surface area contributed by atoms with Crippen molar-refractivity contribution in [2.24, 2.45) is 5.14 Å². The molecule has 0 saturated heterocycles. The molecule has 0 bridgehead atoms. The molecule has 2 aromatic rings. The summed E-state index contributed by atoms with van der Waals surface area (Å²) >= 11 is 5.67. The van der Waals surface area contributed by atoms with Crippen LogP contribution in [-0.2, 0) is 15.9 Å². The minimum atomic E-state index is -3.91. The number of rotatable bonds is 2. The van der Waals surface area contributed by atoms with Gasteiger partial charge < -0.3 is 4.42 Å². The molecule has 0 amide bonds. The van der Waals surface area contributed by atoms with Crippen LogP contribution >= 0.6 is 11.6 Å². The maximum atomic E-state index is 11.0. The van der Waals surface area contributed by atoms with Crippen molar-refractivity contribution >= 4 is 32.7 Å². The number of halogens is 1. The normalized spacial score (nSPS) is 12.1. The molecular formula is C8H7ClN2O3S. The van der Waals surface area contributed by atoms with Crippen LogP contribution in [0.1, 0.15) is 5.56 Å². The van der Waals surface area contributed by atoms with E-state index in [1.807, 2.05) is 0 Å². The van der Waals surface area contributed by atoms with Gasteiger partial charge in [0.2, 0.25) is 0 Å². The van der Waals surface area contributed by atoms with Gasteiger partial charge in [-0.2, -0.15) is 4.98 Å². The zero-order chi connectivity index (χ0) is 11.1. The van der Waals surface area contributed by atoms with Crippen LogP contribution in [0, 0.1) is 0 Å². The topological polar surface area (TPSA) is 86.2 Å². The van der Waals surface area contributed by atoms with Gasteiger partial charge in [-0.3, -0.25) is 0 Å². The number of hydrogen-bond acceptors (Lipinski definition) is 4. The fourth-order valence-electron chi connectivity index (χ4n) is 1.21. The highest BCUT2D eigenvalue weighted by Crippen LogP contribution is 2.22. The summed E-state index contributed by atoms with van der Waals surface area (Å²) < 4.78 is 27.0. The Morgan fingerprint density at radius 2 is 2.20 bits per heavy atom. The third-order valence-corrected chi connectivity index (χ3v) is 2.82. The summed E-state index contributed by atoms with van der Waals surface area (Å²) in [5.41, 5.74) is 1.49. The Hall–Kier alpha value is -1.11. The van der Waals surface area contributed by atoms with Crippen LogP contribution in [0.4, 0.5) is 0 Å². The van der Waals surface area contributed by atoms with Crippen molar-refractivity contribution in [3.05, 3.63) is 23.8 Å². The Morgan fingerprint density at radius 1 is 1.47 bits per heavy atom. The van der Waals surface area contributed by atoms with Crippen LogP contribution in [-0.4, -0.2) is 13.4 Å². The fourth-order valence-corrected chi connectivity index (χ4v) is 1.85. The van der Waals surface area contributed by atoms with E-state index in [0.717, 1.165) is 0 Å². The first-order valence-electron chi connectivity index (χ1n) is 3.99. The first-order chi connectivity index (χ1) is 7.02. The van der Waals surface area contributed by atoms with Gasteiger partial charge in [0.05, 0.1) is 0 Å². The highest BCUT2D eigenvalue weighted by atomic mass is 35.5. The number of nitrogens with two attached hydrogens (primary N) is 1. The summed E-state index contributed by atoms with van der Waals surface area (Å²) in [7, 11) is -3.91. The summed E-state index contributed by atoms with van der Waals surface area (Å²) in [6.07, 6.45) is 0. The summed E-state index contributed by atoms with van der Waals surface area (Å²) in [4.78, 5) is 3.79. The van der Waals surface area contributed by atoms with E-state index >= 15 is 0 Å². The molecule has 2 rings (SSSR count). The molecule has 1 aromatic carbocycles. The van der Waals surface area contributed by atoms with Gasteiger partial charge in [0.1, 0.15) is 5.52 Å². The number of para-hydroxylation sites is 1. The molecule has 0 unspecified atom stereocenters. The van der Waals surface area contributed by atoms with Gasteiger partial charge in [0.25, 0.3) is 10.0 Å². The quantitative estimate of drug-likeness (QED) is 0.807. The van der Waals surface area contributed by atoms with Crippen LogP contribution in [0.3, 0.4) is 0 Å². The Labute approximate surface area is 90.9 Å². The number of benzene rings is 1. The number of hydrogen-bond donors (Lipinski definition) is 1. The molecule has 80 valence electrons. The third-order valence-electron chi connectivity index (χ3n) is 1.87. The molecule has 1 aromatic heterocycles. The molecule has 1 heterocycles. The molecule has 0 radical (unpaired) electrons.